The Balaban J connectivity index is 2.32. The van der Waals surface area contributed by atoms with Crippen LogP contribution >= 0.6 is 0 Å². The van der Waals surface area contributed by atoms with E-state index in [1.165, 1.54) is 13.2 Å². The number of allylic oxidation sites excluding steroid dienone is 8. The van der Waals surface area contributed by atoms with Gasteiger partial charge in [0.1, 0.15) is 12.1 Å². The van der Waals surface area contributed by atoms with Gasteiger partial charge in [-0.1, -0.05) is 63.3 Å². The number of rotatable bonds is 6. The summed E-state index contributed by atoms with van der Waals surface area (Å²) in [6, 6.07) is -0.866. The number of hydrogen-bond donors (Lipinski definition) is 3. The molecule has 1 aliphatic carbocycles. The van der Waals surface area contributed by atoms with Crippen LogP contribution in [-0.2, 0) is 33.4 Å². The second-order valence-corrected chi connectivity index (χ2v) is 11.2. The van der Waals surface area contributed by atoms with Gasteiger partial charge in [-0.25, -0.2) is 4.79 Å². The van der Waals surface area contributed by atoms with Crippen LogP contribution in [0, 0.1) is 11.8 Å². The molecule has 0 saturated carbocycles. The topological polar surface area (TPSA) is 148 Å². The first-order chi connectivity index (χ1) is 20.9. The number of fused-ring (bicyclic) bond motifs is 2. The van der Waals surface area contributed by atoms with Crippen molar-refractivity contribution in [3.8, 4) is 0 Å². The summed E-state index contributed by atoms with van der Waals surface area (Å²) in [7, 11) is 1.46. The number of esters is 1. The minimum atomic E-state index is -0.975. The molecule has 1 heterocycles. The summed E-state index contributed by atoms with van der Waals surface area (Å²) in [5, 5.41) is 16.4. The minimum absolute atomic E-state index is 0.0600. The second kappa shape index (κ2) is 18.0. The maximum atomic E-state index is 13.0. The number of aliphatic hydroxyl groups is 1. The van der Waals surface area contributed by atoms with Crippen molar-refractivity contribution in [3.05, 3.63) is 71.5 Å². The molecule has 2 aliphatic rings. The Morgan fingerprint density at radius 3 is 2.50 bits per heavy atom. The average Bonchev–Trinajstić information content (AvgIpc) is 2.99. The summed E-state index contributed by atoms with van der Waals surface area (Å²) in [5.41, 5.74) is 0.784. The van der Waals surface area contributed by atoms with Gasteiger partial charge in [0, 0.05) is 37.0 Å². The standard InChI is InChI=1S/C34H46N2O8/c1-7-21(2)33(41)35-24(5)34(42)44-29-17-12-10-8-9-11-16-27(43-6)20-30(38)36-28-19-26(37)18-25(32(28)40)15-13-14-22(3)31(39)23(29)4/h8-12,14,16,18-19,21,23-24,27,29,31,39H,7,13,15,17,20H2,1-6H3,(H,35,41)(H,36,38)/b9-8-,12-10-,16-11-,22-14-/t21-,23+,24+,27-,29-,31-/m0/s1. The Morgan fingerprint density at radius 2 is 1.82 bits per heavy atom. The molecule has 0 spiro atoms. The van der Waals surface area contributed by atoms with Crippen LogP contribution in [0.25, 0.3) is 0 Å². The normalized spacial score (nSPS) is 28.8. The maximum Gasteiger partial charge on any atom is 0.328 e. The Hall–Kier alpha value is -3.89. The molecule has 10 nitrogen and oxygen atoms in total. The van der Waals surface area contributed by atoms with E-state index in [4.69, 9.17) is 9.47 Å². The largest absolute Gasteiger partial charge is 0.460 e. The van der Waals surface area contributed by atoms with E-state index < -0.39 is 53.7 Å². The lowest BCUT2D eigenvalue weighted by Crippen LogP contribution is -2.44. The third-order valence-corrected chi connectivity index (χ3v) is 7.74. The van der Waals surface area contributed by atoms with E-state index in [0.717, 1.165) is 6.08 Å². The van der Waals surface area contributed by atoms with Crippen LogP contribution in [0.3, 0.4) is 0 Å². The number of hydrogen-bond acceptors (Lipinski definition) is 8. The van der Waals surface area contributed by atoms with Crippen LogP contribution in [0.1, 0.15) is 66.7 Å². The molecule has 0 aromatic rings. The number of Topliss-reactive ketones (excluding diaryl/α,β-unsaturated/α-hetero) is 1. The molecule has 44 heavy (non-hydrogen) atoms. The highest BCUT2D eigenvalue weighted by atomic mass is 16.5. The number of methoxy groups -OCH3 is 1. The van der Waals surface area contributed by atoms with E-state index in [9.17, 15) is 29.1 Å². The summed E-state index contributed by atoms with van der Waals surface area (Å²) in [5.74, 6) is -2.90. The highest BCUT2D eigenvalue weighted by molar-refractivity contribution is 6.21. The Labute approximate surface area is 260 Å². The number of nitrogens with one attached hydrogen (secondary N) is 2. The monoisotopic (exact) mass is 610 g/mol. The molecule has 0 fully saturated rings. The molecule has 0 radical (unpaired) electrons. The van der Waals surface area contributed by atoms with Crippen molar-refractivity contribution < 1.29 is 38.6 Å². The van der Waals surface area contributed by atoms with E-state index >= 15 is 0 Å². The zero-order valence-corrected chi connectivity index (χ0v) is 26.5. The second-order valence-electron chi connectivity index (χ2n) is 11.2. The third-order valence-electron chi connectivity index (χ3n) is 7.74. The van der Waals surface area contributed by atoms with Crippen molar-refractivity contribution in [3.63, 3.8) is 0 Å². The first-order valence-electron chi connectivity index (χ1n) is 15.1. The summed E-state index contributed by atoms with van der Waals surface area (Å²) in [6.45, 7) is 8.76. The fraction of sp³-hybridized carbons (Fsp3) is 0.500. The van der Waals surface area contributed by atoms with E-state index in [-0.39, 0.29) is 35.9 Å². The Bertz CT molecular complexity index is 1260. The van der Waals surface area contributed by atoms with Crippen molar-refractivity contribution in [1.29, 1.82) is 0 Å². The van der Waals surface area contributed by atoms with Crippen LogP contribution < -0.4 is 10.6 Å². The lowest BCUT2D eigenvalue weighted by Gasteiger charge is -2.29. The molecular formula is C34H46N2O8. The molecule has 3 N–H and O–H groups in total. The minimum Gasteiger partial charge on any atom is -0.460 e. The molecule has 240 valence electrons. The van der Waals surface area contributed by atoms with E-state index in [2.05, 4.69) is 10.6 Å². The number of aliphatic hydroxyl groups excluding tert-OH is 1. The number of ether oxygens (including phenoxy) is 2. The van der Waals surface area contributed by atoms with Gasteiger partial charge in [0.2, 0.25) is 17.6 Å². The van der Waals surface area contributed by atoms with Crippen molar-refractivity contribution >= 4 is 29.4 Å². The van der Waals surface area contributed by atoms with Crippen molar-refractivity contribution in [1.82, 2.24) is 10.6 Å². The molecular weight excluding hydrogens is 564 g/mol. The number of carbonyl (C=O) groups is 5. The number of amides is 2. The fourth-order valence-corrected chi connectivity index (χ4v) is 4.58. The zero-order chi connectivity index (χ0) is 32.8. The van der Waals surface area contributed by atoms with Crippen LogP contribution in [0.4, 0.5) is 0 Å². The molecule has 0 aromatic heterocycles. The third kappa shape index (κ3) is 11.3. The quantitative estimate of drug-likeness (QED) is 0.234. The Morgan fingerprint density at radius 1 is 1.11 bits per heavy atom. The van der Waals surface area contributed by atoms with Gasteiger partial charge >= 0.3 is 5.97 Å². The lowest BCUT2D eigenvalue weighted by atomic mass is 9.90. The van der Waals surface area contributed by atoms with Crippen LogP contribution in [0.15, 0.2) is 71.5 Å². The number of ketones is 2. The SMILES string of the molecule is CC[C@H](C)C(=O)N[C@H](C)C(=O)O[C@H]1C\C=C/C=C\C=C/[C@H](OC)CC(=O)NC2=CC(=O)C=C(CC/C=C(/C)[C@H](O)[C@@H]1C)C2=O. The average molecular weight is 611 g/mol. The highest BCUT2D eigenvalue weighted by Gasteiger charge is 2.30. The molecule has 1 aliphatic heterocycles. The van der Waals surface area contributed by atoms with Gasteiger partial charge in [0.25, 0.3) is 0 Å². The van der Waals surface area contributed by atoms with Crippen molar-refractivity contribution in [2.45, 2.75) is 91.1 Å². The first-order valence-corrected chi connectivity index (χ1v) is 15.1. The van der Waals surface area contributed by atoms with Gasteiger partial charge in [-0.3, -0.25) is 19.2 Å². The van der Waals surface area contributed by atoms with Crippen molar-refractivity contribution in [2.75, 3.05) is 7.11 Å². The van der Waals surface area contributed by atoms with Gasteiger partial charge in [0.05, 0.1) is 24.3 Å². The highest BCUT2D eigenvalue weighted by Crippen LogP contribution is 2.24. The molecule has 0 unspecified atom stereocenters. The molecule has 0 saturated heterocycles. The smallest absolute Gasteiger partial charge is 0.328 e. The molecule has 6 atom stereocenters. The van der Waals surface area contributed by atoms with Crippen LogP contribution in [-0.4, -0.2) is 65.9 Å². The summed E-state index contributed by atoms with van der Waals surface area (Å²) in [6.07, 6.45) is 13.8. The summed E-state index contributed by atoms with van der Waals surface area (Å²) < 4.78 is 11.2. The van der Waals surface area contributed by atoms with Crippen LogP contribution in [0.5, 0.6) is 0 Å². The predicted octanol–water partition coefficient (Wildman–Crippen LogP) is 3.73. The molecule has 10 heteroatoms. The van der Waals surface area contributed by atoms with Gasteiger partial charge in [0.15, 0.2) is 5.78 Å². The van der Waals surface area contributed by atoms with E-state index in [0.29, 0.717) is 24.8 Å². The maximum absolute atomic E-state index is 13.0. The van der Waals surface area contributed by atoms with Crippen molar-refractivity contribution in [2.24, 2.45) is 11.8 Å². The van der Waals surface area contributed by atoms with E-state index in [1.54, 1.807) is 64.2 Å². The van der Waals surface area contributed by atoms with E-state index in [1.807, 2.05) is 13.0 Å². The summed E-state index contributed by atoms with van der Waals surface area (Å²) in [4.78, 5) is 63.2. The number of carbonyl (C=O) groups excluding carboxylic acids is 5. The molecule has 2 rings (SSSR count). The zero-order valence-electron chi connectivity index (χ0n) is 26.5. The molecule has 2 bridgehead atoms. The van der Waals surface area contributed by atoms with Gasteiger partial charge in [-0.05, 0) is 44.8 Å². The first kappa shape index (κ1) is 36.3. The predicted molar refractivity (Wildman–Crippen MR) is 167 cm³/mol. The van der Waals surface area contributed by atoms with Gasteiger partial charge in [-0.2, -0.15) is 0 Å². The summed E-state index contributed by atoms with van der Waals surface area (Å²) >= 11 is 0. The van der Waals surface area contributed by atoms with Crippen LogP contribution in [0.2, 0.25) is 0 Å². The van der Waals surface area contributed by atoms with Gasteiger partial charge < -0.3 is 25.2 Å². The molecule has 2 amide bonds. The molecule has 0 aromatic carbocycles. The lowest BCUT2D eigenvalue weighted by molar-refractivity contribution is -0.156. The Kier molecular flexibility index (Phi) is 14.9. The fourth-order valence-electron chi connectivity index (χ4n) is 4.58. The van der Waals surface area contributed by atoms with Gasteiger partial charge in [-0.15, -0.1) is 0 Å².